The van der Waals surface area contributed by atoms with Crippen LogP contribution >= 0.6 is 27.3 Å². The molecule has 0 saturated heterocycles. The van der Waals surface area contributed by atoms with E-state index in [1.54, 1.807) is 18.3 Å². The molecule has 0 aliphatic carbocycles. The van der Waals surface area contributed by atoms with Crippen molar-refractivity contribution in [3.8, 4) is 5.75 Å². The molecule has 0 saturated carbocycles. The molecular formula is C25H23BrN4O2S. The fraction of sp³-hybridized carbons (Fsp3) is 0.160. The zero-order valence-corrected chi connectivity index (χ0v) is 20.9. The predicted molar refractivity (Wildman–Crippen MR) is 140 cm³/mol. The lowest BCUT2D eigenvalue weighted by atomic mass is 10.2. The van der Waals surface area contributed by atoms with Crippen molar-refractivity contribution in [2.24, 2.45) is 5.10 Å². The molecule has 0 bridgehead atoms. The normalized spacial score (nSPS) is 11.2. The van der Waals surface area contributed by atoms with Crippen LogP contribution in [0.5, 0.6) is 5.75 Å². The minimum absolute atomic E-state index is 0.249. The number of benzene rings is 3. The van der Waals surface area contributed by atoms with Crippen LogP contribution in [0.2, 0.25) is 0 Å². The van der Waals surface area contributed by atoms with Crippen molar-refractivity contribution in [2.45, 2.75) is 6.92 Å². The Morgan fingerprint density at radius 3 is 2.48 bits per heavy atom. The number of nitrogens with zero attached hydrogens (tertiary/aromatic N) is 4. The highest BCUT2D eigenvalue weighted by molar-refractivity contribution is 9.10. The van der Waals surface area contributed by atoms with E-state index >= 15 is 0 Å². The molecule has 6 nitrogen and oxygen atoms in total. The zero-order valence-electron chi connectivity index (χ0n) is 18.5. The van der Waals surface area contributed by atoms with Crippen molar-refractivity contribution in [1.82, 2.24) is 4.98 Å². The van der Waals surface area contributed by atoms with Gasteiger partial charge in [0.1, 0.15) is 5.75 Å². The number of amides is 1. The summed E-state index contributed by atoms with van der Waals surface area (Å²) in [6, 6.07) is 20.8. The van der Waals surface area contributed by atoms with Gasteiger partial charge in [-0.15, -0.1) is 0 Å². The van der Waals surface area contributed by atoms with Crippen molar-refractivity contribution < 1.29 is 9.53 Å². The zero-order chi connectivity index (χ0) is 23.4. The molecule has 1 heterocycles. The fourth-order valence-corrected chi connectivity index (χ4v) is 4.61. The third kappa shape index (κ3) is 5.40. The summed E-state index contributed by atoms with van der Waals surface area (Å²) in [5.41, 5.74) is 3.21. The molecule has 1 aromatic heterocycles. The van der Waals surface area contributed by atoms with Crippen LogP contribution in [-0.2, 0) is 0 Å². The summed E-state index contributed by atoms with van der Waals surface area (Å²) in [4.78, 5) is 20.1. The molecule has 4 aromatic rings. The fourth-order valence-electron chi connectivity index (χ4n) is 3.13. The molecule has 0 fully saturated rings. The van der Waals surface area contributed by atoms with E-state index < -0.39 is 0 Å². The van der Waals surface area contributed by atoms with Gasteiger partial charge in [0.2, 0.25) is 5.13 Å². The molecule has 4 rings (SSSR count). The third-order valence-corrected chi connectivity index (χ3v) is 6.34. The Balaban J connectivity index is 1.69. The first-order valence-corrected chi connectivity index (χ1v) is 12.0. The average Bonchev–Trinajstić information content (AvgIpc) is 3.23. The Morgan fingerprint density at radius 2 is 1.82 bits per heavy atom. The second kappa shape index (κ2) is 10.1. The van der Waals surface area contributed by atoms with Crippen LogP contribution in [0, 0.1) is 0 Å². The number of carbonyl (C=O) groups is 1. The molecule has 0 aliphatic rings. The standard InChI is InChI=1S/C25H23BrN4O2S/c1-4-32-21-12-5-17(6-13-21)16-27-30(24(31)18-7-10-20(11-8-18)29(2)3)25-28-22-14-9-19(26)15-23(22)33-25/h5-16H,4H2,1-3H3/b27-16+. The lowest BCUT2D eigenvalue weighted by Crippen LogP contribution is -2.25. The van der Waals surface area contributed by atoms with E-state index in [9.17, 15) is 4.79 Å². The van der Waals surface area contributed by atoms with Gasteiger partial charge in [-0.1, -0.05) is 27.3 Å². The van der Waals surface area contributed by atoms with E-state index in [2.05, 4.69) is 26.0 Å². The largest absolute Gasteiger partial charge is 0.494 e. The summed E-state index contributed by atoms with van der Waals surface area (Å²) in [5.74, 6) is 0.543. The number of halogens is 1. The molecule has 0 N–H and O–H groups in total. The maximum atomic E-state index is 13.5. The lowest BCUT2D eigenvalue weighted by molar-refractivity contribution is 0.0988. The minimum atomic E-state index is -0.249. The molecule has 3 aromatic carbocycles. The van der Waals surface area contributed by atoms with Crippen LogP contribution in [0.3, 0.4) is 0 Å². The van der Waals surface area contributed by atoms with Crippen molar-refractivity contribution in [1.29, 1.82) is 0 Å². The SMILES string of the molecule is CCOc1ccc(/C=N/N(C(=O)c2ccc(N(C)C)cc2)c2nc3ccc(Br)cc3s2)cc1. The van der Waals surface area contributed by atoms with Crippen LogP contribution in [0.4, 0.5) is 10.8 Å². The summed E-state index contributed by atoms with van der Waals surface area (Å²) < 4.78 is 7.42. The summed E-state index contributed by atoms with van der Waals surface area (Å²) in [5, 5.41) is 6.40. The number of hydrogen-bond acceptors (Lipinski definition) is 6. The number of thiazole rings is 1. The van der Waals surface area contributed by atoms with Crippen molar-refractivity contribution in [2.75, 3.05) is 30.6 Å². The number of ether oxygens (including phenoxy) is 1. The van der Waals surface area contributed by atoms with Crippen LogP contribution < -0.4 is 14.6 Å². The van der Waals surface area contributed by atoms with Gasteiger partial charge in [-0.05, 0) is 79.2 Å². The van der Waals surface area contributed by atoms with Crippen LogP contribution in [0.1, 0.15) is 22.8 Å². The maximum Gasteiger partial charge on any atom is 0.280 e. The molecule has 0 aliphatic heterocycles. The number of rotatable bonds is 7. The molecule has 0 radical (unpaired) electrons. The monoisotopic (exact) mass is 522 g/mol. The Hall–Kier alpha value is -3.23. The van der Waals surface area contributed by atoms with Gasteiger partial charge in [0.25, 0.3) is 5.91 Å². The molecule has 0 spiro atoms. The summed E-state index contributed by atoms with van der Waals surface area (Å²) >= 11 is 4.91. The van der Waals surface area contributed by atoms with Crippen molar-refractivity contribution >= 4 is 60.4 Å². The predicted octanol–water partition coefficient (Wildman–Crippen LogP) is 6.20. The second-order valence-electron chi connectivity index (χ2n) is 7.41. The van der Waals surface area contributed by atoms with E-state index in [4.69, 9.17) is 4.74 Å². The Morgan fingerprint density at radius 1 is 1.09 bits per heavy atom. The highest BCUT2D eigenvalue weighted by Gasteiger charge is 2.21. The smallest absolute Gasteiger partial charge is 0.280 e. The minimum Gasteiger partial charge on any atom is -0.494 e. The van der Waals surface area contributed by atoms with Gasteiger partial charge in [-0.3, -0.25) is 4.79 Å². The molecule has 33 heavy (non-hydrogen) atoms. The topological polar surface area (TPSA) is 58.0 Å². The Labute approximate surface area is 205 Å². The lowest BCUT2D eigenvalue weighted by Gasteiger charge is -2.16. The number of hydrazone groups is 1. The van der Waals surface area contributed by atoms with Crippen LogP contribution in [0.15, 0.2) is 76.3 Å². The van der Waals surface area contributed by atoms with E-state index in [0.717, 1.165) is 31.7 Å². The quantitative estimate of drug-likeness (QED) is 0.214. The second-order valence-corrected chi connectivity index (χ2v) is 9.34. The number of anilines is 2. The van der Waals surface area contributed by atoms with Gasteiger partial charge in [0, 0.05) is 29.8 Å². The number of hydrogen-bond donors (Lipinski definition) is 0. The first kappa shape index (κ1) is 22.9. The third-order valence-electron chi connectivity index (χ3n) is 4.86. The van der Waals surface area contributed by atoms with Crippen LogP contribution in [0.25, 0.3) is 10.2 Å². The Kier molecular flexibility index (Phi) is 7.05. The van der Waals surface area contributed by atoms with E-state index in [0.29, 0.717) is 17.3 Å². The van der Waals surface area contributed by atoms with Gasteiger partial charge in [-0.2, -0.15) is 10.1 Å². The van der Waals surface area contributed by atoms with Crippen molar-refractivity contribution in [3.05, 3.63) is 82.3 Å². The van der Waals surface area contributed by atoms with E-state index in [-0.39, 0.29) is 5.91 Å². The average molecular weight is 523 g/mol. The molecule has 0 unspecified atom stereocenters. The highest BCUT2D eigenvalue weighted by Crippen LogP contribution is 2.32. The van der Waals surface area contributed by atoms with Gasteiger partial charge in [0.15, 0.2) is 0 Å². The molecule has 168 valence electrons. The van der Waals surface area contributed by atoms with Gasteiger partial charge in [0.05, 0.1) is 23.0 Å². The van der Waals surface area contributed by atoms with Gasteiger partial charge < -0.3 is 9.64 Å². The van der Waals surface area contributed by atoms with Gasteiger partial charge >= 0.3 is 0 Å². The first-order valence-electron chi connectivity index (χ1n) is 10.4. The maximum absolute atomic E-state index is 13.5. The first-order chi connectivity index (χ1) is 15.9. The van der Waals surface area contributed by atoms with E-state index in [1.165, 1.54) is 16.3 Å². The van der Waals surface area contributed by atoms with E-state index in [1.807, 2.05) is 80.5 Å². The van der Waals surface area contributed by atoms with Crippen molar-refractivity contribution in [3.63, 3.8) is 0 Å². The van der Waals surface area contributed by atoms with Crippen LogP contribution in [-0.4, -0.2) is 37.8 Å². The number of carbonyl (C=O) groups excluding carboxylic acids is 1. The molecule has 1 amide bonds. The number of fused-ring (bicyclic) bond motifs is 1. The summed E-state index contributed by atoms with van der Waals surface area (Å²) in [7, 11) is 3.92. The molecule has 0 atom stereocenters. The molecular weight excluding hydrogens is 500 g/mol. The summed E-state index contributed by atoms with van der Waals surface area (Å²) in [6.45, 7) is 2.55. The summed E-state index contributed by atoms with van der Waals surface area (Å²) in [6.07, 6.45) is 1.66. The van der Waals surface area contributed by atoms with Gasteiger partial charge in [-0.25, -0.2) is 4.98 Å². The number of aromatic nitrogens is 1. The molecule has 8 heteroatoms. The highest BCUT2D eigenvalue weighted by atomic mass is 79.9. The Bertz CT molecular complexity index is 1280.